The molecule has 3 heteroatoms. The number of halogens is 1. The van der Waals surface area contributed by atoms with Crippen molar-refractivity contribution in [3.63, 3.8) is 0 Å². The summed E-state index contributed by atoms with van der Waals surface area (Å²) in [5.41, 5.74) is 6.36. The first-order valence-electron chi connectivity index (χ1n) is 4.44. The van der Waals surface area contributed by atoms with E-state index in [9.17, 15) is 4.39 Å². The van der Waals surface area contributed by atoms with Crippen molar-refractivity contribution in [2.24, 2.45) is 5.73 Å². The molecule has 0 aromatic heterocycles. The van der Waals surface area contributed by atoms with Gasteiger partial charge in [-0.2, -0.15) is 0 Å². The summed E-state index contributed by atoms with van der Waals surface area (Å²) in [6.07, 6.45) is 1.63. The molecule has 0 unspecified atom stereocenters. The lowest BCUT2D eigenvalue weighted by Crippen LogP contribution is -2.08. The van der Waals surface area contributed by atoms with Gasteiger partial charge in [0.1, 0.15) is 18.2 Å². The minimum atomic E-state index is -0.303. The molecular weight excluding hydrogens is 181 g/mol. The Morgan fingerprint density at radius 3 is 2.93 bits per heavy atom. The lowest BCUT2D eigenvalue weighted by Gasteiger charge is -2.12. The molecule has 0 aliphatic carbocycles. The van der Waals surface area contributed by atoms with Gasteiger partial charge in [-0.1, -0.05) is 12.7 Å². The third-order valence-corrected chi connectivity index (χ3v) is 1.82. The molecule has 14 heavy (non-hydrogen) atoms. The Morgan fingerprint density at radius 2 is 2.36 bits per heavy atom. The zero-order valence-corrected chi connectivity index (χ0v) is 8.16. The van der Waals surface area contributed by atoms with Crippen molar-refractivity contribution in [2.45, 2.75) is 13.0 Å². The van der Waals surface area contributed by atoms with Crippen molar-refractivity contribution in [3.8, 4) is 5.75 Å². The highest BCUT2D eigenvalue weighted by molar-refractivity contribution is 5.36. The van der Waals surface area contributed by atoms with Crippen LogP contribution >= 0.6 is 0 Å². The topological polar surface area (TPSA) is 35.2 Å². The first-order chi connectivity index (χ1) is 6.65. The maximum Gasteiger partial charge on any atom is 0.124 e. The molecule has 1 rings (SSSR count). The van der Waals surface area contributed by atoms with Crippen molar-refractivity contribution >= 4 is 0 Å². The Labute approximate surface area is 83.2 Å². The van der Waals surface area contributed by atoms with E-state index >= 15 is 0 Å². The lowest BCUT2D eigenvalue weighted by molar-refractivity contribution is 0.356. The van der Waals surface area contributed by atoms with Gasteiger partial charge in [-0.15, -0.1) is 0 Å². The third kappa shape index (κ3) is 2.57. The quantitative estimate of drug-likeness (QED) is 0.749. The van der Waals surface area contributed by atoms with Gasteiger partial charge in [-0.25, -0.2) is 4.39 Å². The Morgan fingerprint density at radius 1 is 1.64 bits per heavy atom. The summed E-state index contributed by atoms with van der Waals surface area (Å²) >= 11 is 0. The summed E-state index contributed by atoms with van der Waals surface area (Å²) in [7, 11) is 0. The van der Waals surface area contributed by atoms with Crippen LogP contribution in [-0.4, -0.2) is 6.61 Å². The van der Waals surface area contributed by atoms with Gasteiger partial charge in [0.15, 0.2) is 0 Å². The summed E-state index contributed by atoms with van der Waals surface area (Å²) in [5, 5.41) is 0. The highest BCUT2D eigenvalue weighted by Crippen LogP contribution is 2.24. The predicted molar refractivity (Wildman–Crippen MR) is 54.7 cm³/mol. The average Bonchev–Trinajstić information content (AvgIpc) is 2.15. The van der Waals surface area contributed by atoms with E-state index in [1.165, 1.54) is 12.1 Å². The first-order valence-corrected chi connectivity index (χ1v) is 4.44. The van der Waals surface area contributed by atoms with Crippen molar-refractivity contribution < 1.29 is 9.13 Å². The van der Waals surface area contributed by atoms with Gasteiger partial charge in [0.2, 0.25) is 0 Å². The first kappa shape index (κ1) is 10.7. The van der Waals surface area contributed by atoms with Crippen LogP contribution in [0.1, 0.15) is 18.5 Å². The van der Waals surface area contributed by atoms with Crippen LogP contribution in [-0.2, 0) is 0 Å². The van der Waals surface area contributed by atoms with Gasteiger partial charge in [0, 0.05) is 11.6 Å². The predicted octanol–water partition coefficient (Wildman–Crippen LogP) is 2.41. The van der Waals surface area contributed by atoms with Crippen LogP contribution < -0.4 is 10.5 Å². The number of nitrogens with two attached hydrogens (primary N) is 1. The van der Waals surface area contributed by atoms with E-state index in [1.807, 2.05) is 0 Å². The molecule has 76 valence electrons. The van der Waals surface area contributed by atoms with E-state index in [0.29, 0.717) is 17.9 Å². The van der Waals surface area contributed by atoms with Crippen LogP contribution in [0.15, 0.2) is 30.9 Å². The van der Waals surface area contributed by atoms with Crippen molar-refractivity contribution in [2.75, 3.05) is 6.61 Å². The monoisotopic (exact) mass is 195 g/mol. The van der Waals surface area contributed by atoms with Gasteiger partial charge in [0.05, 0.1) is 0 Å². The second kappa shape index (κ2) is 4.77. The van der Waals surface area contributed by atoms with Crippen molar-refractivity contribution in [1.29, 1.82) is 0 Å². The summed E-state index contributed by atoms with van der Waals surface area (Å²) in [5.74, 6) is 0.310. The van der Waals surface area contributed by atoms with Crippen molar-refractivity contribution in [1.82, 2.24) is 0 Å². The van der Waals surface area contributed by atoms with Crippen LogP contribution in [0.3, 0.4) is 0 Å². The van der Waals surface area contributed by atoms with Gasteiger partial charge < -0.3 is 10.5 Å². The Kier molecular flexibility index (Phi) is 3.65. The number of rotatable bonds is 4. The molecule has 1 aromatic carbocycles. The minimum Gasteiger partial charge on any atom is -0.489 e. The maximum absolute atomic E-state index is 12.9. The second-order valence-corrected chi connectivity index (χ2v) is 3.07. The second-order valence-electron chi connectivity index (χ2n) is 3.07. The molecule has 1 atom stereocenters. The maximum atomic E-state index is 12.9. The number of hydrogen-bond acceptors (Lipinski definition) is 2. The molecule has 0 bridgehead atoms. The standard InChI is InChI=1S/C11H14FNO/c1-3-6-14-11-5-4-9(12)7-10(11)8(2)13/h3-5,7-8H,1,6,13H2,2H3/t8-/m1/s1. The van der Waals surface area contributed by atoms with Crippen LogP contribution in [0.5, 0.6) is 5.75 Å². The molecule has 0 saturated carbocycles. The number of hydrogen-bond donors (Lipinski definition) is 1. The smallest absolute Gasteiger partial charge is 0.124 e. The van der Waals surface area contributed by atoms with Crippen LogP contribution in [0, 0.1) is 5.82 Å². The third-order valence-electron chi connectivity index (χ3n) is 1.82. The van der Waals surface area contributed by atoms with E-state index in [2.05, 4.69) is 6.58 Å². The molecule has 0 radical (unpaired) electrons. The Hall–Kier alpha value is -1.35. The van der Waals surface area contributed by atoms with Crippen LogP contribution in [0.25, 0.3) is 0 Å². The molecule has 0 aliphatic rings. The molecule has 2 nitrogen and oxygen atoms in total. The number of benzene rings is 1. The lowest BCUT2D eigenvalue weighted by atomic mass is 10.1. The minimum absolute atomic E-state index is 0.245. The molecule has 0 fully saturated rings. The molecule has 0 spiro atoms. The van der Waals surface area contributed by atoms with Gasteiger partial charge >= 0.3 is 0 Å². The Balaban J connectivity index is 2.95. The van der Waals surface area contributed by atoms with E-state index in [1.54, 1.807) is 19.1 Å². The summed E-state index contributed by atoms with van der Waals surface area (Å²) < 4.78 is 18.2. The zero-order chi connectivity index (χ0) is 10.6. The summed E-state index contributed by atoms with van der Waals surface area (Å²) in [6, 6.07) is 4.08. The molecule has 0 amide bonds. The van der Waals surface area contributed by atoms with E-state index in [0.717, 1.165) is 0 Å². The SMILES string of the molecule is C=CCOc1ccc(F)cc1[C@@H](C)N. The van der Waals surface area contributed by atoms with Crippen molar-refractivity contribution in [3.05, 3.63) is 42.2 Å². The Bertz CT molecular complexity index is 323. The molecule has 0 heterocycles. The molecular formula is C11H14FNO. The highest BCUT2D eigenvalue weighted by atomic mass is 19.1. The van der Waals surface area contributed by atoms with E-state index < -0.39 is 0 Å². The van der Waals surface area contributed by atoms with Gasteiger partial charge in [-0.05, 0) is 25.1 Å². The number of ether oxygens (including phenoxy) is 1. The molecule has 0 aliphatic heterocycles. The molecule has 0 saturated heterocycles. The highest BCUT2D eigenvalue weighted by Gasteiger charge is 2.08. The van der Waals surface area contributed by atoms with Crippen LogP contribution in [0.2, 0.25) is 0 Å². The zero-order valence-electron chi connectivity index (χ0n) is 8.16. The van der Waals surface area contributed by atoms with Gasteiger partial charge in [-0.3, -0.25) is 0 Å². The molecule has 2 N–H and O–H groups in total. The largest absolute Gasteiger partial charge is 0.489 e. The van der Waals surface area contributed by atoms with E-state index in [4.69, 9.17) is 10.5 Å². The average molecular weight is 195 g/mol. The fourth-order valence-electron chi connectivity index (χ4n) is 1.16. The van der Waals surface area contributed by atoms with Crippen LogP contribution in [0.4, 0.5) is 4.39 Å². The van der Waals surface area contributed by atoms with Gasteiger partial charge in [0.25, 0.3) is 0 Å². The fraction of sp³-hybridized carbons (Fsp3) is 0.273. The molecule has 1 aromatic rings. The summed E-state index contributed by atoms with van der Waals surface area (Å²) in [4.78, 5) is 0. The van der Waals surface area contributed by atoms with E-state index in [-0.39, 0.29) is 11.9 Å². The normalized spacial score (nSPS) is 12.2. The summed E-state index contributed by atoms with van der Waals surface area (Å²) in [6.45, 7) is 5.72. The fourth-order valence-corrected chi connectivity index (χ4v) is 1.16.